The van der Waals surface area contributed by atoms with Gasteiger partial charge in [0.1, 0.15) is 11.5 Å². The van der Waals surface area contributed by atoms with Crippen molar-refractivity contribution in [2.45, 2.75) is 6.42 Å². The minimum Gasteiger partial charge on any atom is -0.497 e. The largest absolute Gasteiger partial charge is 0.497 e. The fourth-order valence-corrected chi connectivity index (χ4v) is 3.83. The first-order chi connectivity index (χ1) is 13.1. The monoisotopic (exact) mass is 484 g/mol. The van der Waals surface area contributed by atoms with E-state index in [4.69, 9.17) is 21.1 Å². The molecule has 0 radical (unpaired) electrons. The molecule has 0 unspecified atom stereocenters. The molecule has 0 saturated carbocycles. The Morgan fingerprint density at radius 2 is 1.93 bits per heavy atom. The summed E-state index contributed by atoms with van der Waals surface area (Å²) >= 11 is 7.58. The van der Waals surface area contributed by atoms with Crippen molar-refractivity contribution in [1.29, 1.82) is 0 Å². The van der Waals surface area contributed by atoms with E-state index in [1.54, 1.807) is 50.2 Å². The van der Waals surface area contributed by atoms with Gasteiger partial charge in [0, 0.05) is 29.0 Å². The Morgan fingerprint density at radius 1 is 1.18 bits per heavy atom. The molecule has 0 aliphatic carbocycles. The van der Waals surface area contributed by atoms with Gasteiger partial charge in [0.15, 0.2) is 11.0 Å². The number of benzene rings is 2. The lowest BCUT2D eigenvalue weighted by atomic mass is 10.1. The SMILES string of the molecule is Br.COc1ccc(OC)c(N(CC(=O)c2ccc(Cl)cc2)C2=NCCCS2)c1. The summed E-state index contributed by atoms with van der Waals surface area (Å²) in [5.41, 5.74) is 1.36. The van der Waals surface area contributed by atoms with Crippen LogP contribution in [0.3, 0.4) is 0 Å². The van der Waals surface area contributed by atoms with E-state index in [1.807, 2.05) is 23.1 Å². The lowest BCUT2D eigenvalue weighted by Crippen LogP contribution is -2.36. The highest BCUT2D eigenvalue weighted by Gasteiger charge is 2.24. The minimum atomic E-state index is -0.0228. The van der Waals surface area contributed by atoms with Gasteiger partial charge in [-0.1, -0.05) is 23.4 Å². The number of hydrogen-bond donors (Lipinski definition) is 0. The second-order valence-electron chi connectivity index (χ2n) is 5.92. The van der Waals surface area contributed by atoms with Gasteiger partial charge in [-0.25, -0.2) is 0 Å². The molecule has 0 amide bonds. The normalized spacial score (nSPS) is 13.2. The number of carbonyl (C=O) groups excluding carboxylic acids is 1. The molecule has 0 N–H and O–H groups in total. The molecule has 8 heteroatoms. The number of halogens is 2. The molecule has 0 atom stereocenters. The van der Waals surface area contributed by atoms with E-state index in [0.29, 0.717) is 22.1 Å². The predicted molar refractivity (Wildman–Crippen MR) is 122 cm³/mol. The smallest absolute Gasteiger partial charge is 0.182 e. The molecule has 2 aromatic rings. The van der Waals surface area contributed by atoms with E-state index >= 15 is 0 Å². The fraction of sp³-hybridized carbons (Fsp3) is 0.300. The van der Waals surface area contributed by atoms with Crippen molar-refractivity contribution in [2.24, 2.45) is 4.99 Å². The van der Waals surface area contributed by atoms with Crippen LogP contribution in [0.5, 0.6) is 11.5 Å². The molecule has 3 rings (SSSR count). The molecule has 0 spiro atoms. The van der Waals surface area contributed by atoms with Crippen molar-refractivity contribution in [2.75, 3.05) is 38.0 Å². The Kier molecular flexibility index (Phi) is 8.66. The molecule has 0 fully saturated rings. The number of hydrogen-bond acceptors (Lipinski definition) is 6. The summed E-state index contributed by atoms with van der Waals surface area (Å²) in [4.78, 5) is 19.5. The first-order valence-corrected chi connectivity index (χ1v) is 9.94. The Morgan fingerprint density at radius 3 is 2.54 bits per heavy atom. The Labute approximate surface area is 184 Å². The number of Topliss-reactive ketones (excluding diaryl/α,β-unsaturated/α-hetero) is 1. The molecule has 2 aromatic carbocycles. The summed E-state index contributed by atoms with van der Waals surface area (Å²) in [6, 6.07) is 12.4. The molecular formula is C20H22BrClN2O3S. The van der Waals surface area contributed by atoms with Crippen LogP contribution in [0.25, 0.3) is 0 Å². The van der Waals surface area contributed by atoms with Gasteiger partial charge in [-0.3, -0.25) is 9.79 Å². The molecule has 28 heavy (non-hydrogen) atoms. The van der Waals surface area contributed by atoms with Crippen molar-refractivity contribution >= 4 is 57.0 Å². The van der Waals surface area contributed by atoms with Crippen LogP contribution in [0.15, 0.2) is 47.5 Å². The van der Waals surface area contributed by atoms with Crippen molar-refractivity contribution in [3.05, 3.63) is 53.1 Å². The zero-order valence-corrected chi connectivity index (χ0v) is 19.0. The molecule has 150 valence electrons. The maximum atomic E-state index is 12.9. The zero-order valence-electron chi connectivity index (χ0n) is 15.7. The second kappa shape index (κ2) is 10.7. The second-order valence-corrected chi connectivity index (χ2v) is 7.42. The minimum absolute atomic E-state index is 0. The Balaban J connectivity index is 0.00000280. The third-order valence-electron chi connectivity index (χ3n) is 4.16. The number of anilines is 1. The lowest BCUT2D eigenvalue weighted by molar-refractivity contribution is 0.100. The molecule has 1 aliphatic rings. The van der Waals surface area contributed by atoms with Gasteiger partial charge >= 0.3 is 0 Å². The van der Waals surface area contributed by atoms with Crippen LogP contribution < -0.4 is 14.4 Å². The fourth-order valence-electron chi connectivity index (χ4n) is 2.75. The average Bonchev–Trinajstić information content (AvgIpc) is 2.72. The van der Waals surface area contributed by atoms with E-state index in [2.05, 4.69) is 4.99 Å². The number of thioether (sulfide) groups is 1. The average molecular weight is 486 g/mol. The van der Waals surface area contributed by atoms with Crippen molar-refractivity contribution in [3.63, 3.8) is 0 Å². The molecular weight excluding hydrogens is 464 g/mol. The van der Waals surface area contributed by atoms with E-state index in [9.17, 15) is 4.79 Å². The Bertz CT molecular complexity index is 846. The molecule has 0 aromatic heterocycles. The number of ketones is 1. The van der Waals surface area contributed by atoms with Gasteiger partial charge in [0.05, 0.1) is 26.5 Å². The number of rotatable bonds is 6. The van der Waals surface area contributed by atoms with E-state index in [1.165, 1.54) is 0 Å². The topological polar surface area (TPSA) is 51.1 Å². The van der Waals surface area contributed by atoms with Gasteiger partial charge in [0.2, 0.25) is 0 Å². The van der Waals surface area contributed by atoms with Gasteiger partial charge in [-0.2, -0.15) is 0 Å². The number of aliphatic imine (C=N–C) groups is 1. The maximum Gasteiger partial charge on any atom is 0.182 e. The van der Waals surface area contributed by atoms with Gasteiger partial charge in [-0.05, 0) is 42.8 Å². The highest BCUT2D eigenvalue weighted by Crippen LogP contribution is 2.35. The van der Waals surface area contributed by atoms with Crippen molar-refractivity contribution in [1.82, 2.24) is 0 Å². The van der Waals surface area contributed by atoms with E-state index in [-0.39, 0.29) is 29.3 Å². The molecule has 5 nitrogen and oxygen atoms in total. The number of nitrogens with zero attached hydrogens (tertiary/aromatic N) is 2. The number of amidine groups is 1. The van der Waals surface area contributed by atoms with Gasteiger partial charge in [-0.15, -0.1) is 17.0 Å². The van der Waals surface area contributed by atoms with E-state index < -0.39 is 0 Å². The first-order valence-electron chi connectivity index (χ1n) is 8.58. The standard InChI is InChI=1S/C20H21ClN2O3S.BrH/c1-25-16-8-9-19(26-2)17(12-16)23(20-22-10-3-11-27-20)13-18(24)14-4-6-15(21)7-5-14;/h4-9,12H,3,10-11,13H2,1-2H3;1H. The molecule has 0 saturated heterocycles. The third kappa shape index (κ3) is 5.43. The van der Waals surface area contributed by atoms with Gasteiger partial charge < -0.3 is 14.4 Å². The molecule has 0 bridgehead atoms. The van der Waals surface area contributed by atoms with Crippen LogP contribution in [0.1, 0.15) is 16.8 Å². The Hall–Kier alpha value is -1.70. The number of carbonyl (C=O) groups is 1. The van der Waals surface area contributed by atoms with Crippen LogP contribution in [0.4, 0.5) is 5.69 Å². The van der Waals surface area contributed by atoms with Crippen LogP contribution in [-0.2, 0) is 0 Å². The molecule has 1 heterocycles. The van der Waals surface area contributed by atoms with Crippen LogP contribution in [0.2, 0.25) is 5.02 Å². The first kappa shape index (κ1) is 22.6. The molecule has 1 aliphatic heterocycles. The van der Waals surface area contributed by atoms with Crippen molar-refractivity contribution in [3.8, 4) is 11.5 Å². The lowest BCUT2D eigenvalue weighted by Gasteiger charge is -2.28. The maximum absolute atomic E-state index is 12.9. The number of ether oxygens (including phenoxy) is 2. The summed E-state index contributed by atoms with van der Waals surface area (Å²) in [6.07, 6.45) is 1.03. The highest BCUT2D eigenvalue weighted by atomic mass is 79.9. The zero-order chi connectivity index (χ0) is 19.2. The van der Waals surface area contributed by atoms with Gasteiger partial charge in [0.25, 0.3) is 0 Å². The van der Waals surface area contributed by atoms with Crippen LogP contribution >= 0.6 is 40.3 Å². The predicted octanol–water partition coefficient (Wildman–Crippen LogP) is 5.12. The summed E-state index contributed by atoms with van der Waals surface area (Å²) in [6.45, 7) is 0.900. The quantitative estimate of drug-likeness (QED) is 0.532. The van der Waals surface area contributed by atoms with Crippen molar-refractivity contribution < 1.29 is 14.3 Å². The summed E-state index contributed by atoms with van der Waals surface area (Å²) in [7, 11) is 3.22. The number of methoxy groups -OCH3 is 2. The summed E-state index contributed by atoms with van der Waals surface area (Å²) < 4.78 is 10.9. The van der Waals surface area contributed by atoms with E-state index in [0.717, 1.165) is 29.6 Å². The van der Waals surface area contributed by atoms with Crippen LogP contribution in [-0.4, -0.2) is 44.0 Å². The summed E-state index contributed by atoms with van der Waals surface area (Å²) in [5.74, 6) is 2.30. The summed E-state index contributed by atoms with van der Waals surface area (Å²) in [5, 5.41) is 1.42. The highest BCUT2D eigenvalue weighted by molar-refractivity contribution is 8.93. The van der Waals surface area contributed by atoms with Crippen LogP contribution in [0, 0.1) is 0 Å². The third-order valence-corrected chi connectivity index (χ3v) is 5.51.